The molecule has 4 aromatic rings. The maximum absolute atomic E-state index is 11.1. The molecule has 134 valence electrons. The number of aromatic hydroxyl groups is 1. The van der Waals surface area contributed by atoms with Crippen LogP contribution in [0.1, 0.15) is 34.3 Å². The van der Waals surface area contributed by atoms with Gasteiger partial charge in [-0.25, -0.2) is 14.3 Å². The van der Waals surface area contributed by atoms with Crippen LogP contribution in [0.4, 0.5) is 0 Å². The summed E-state index contributed by atoms with van der Waals surface area (Å²) in [6.07, 6.45) is 2.59. The van der Waals surface area contributed by atoms with Crippen molar-refractivity contribution in [3.05, 3.63) is 83.7 Å². The number of benzene rings is 2. The Morgan fingerprint density at radius 3 is 2.37 bits per heavy atom. The van der Waals surface area contributed by atoms with Gasteiger partial charge in [-0.1, -0.05) is 61.5 Å². The quantitative estimate of drug-likeness (QED) is 0.576. The van der Waals surface area contributed by atoms with E-state index in [4.69, 9.17) is 5.11 Å². The Labute approximate surface area is 155 Å². The van der Waals surface area contributed by atoms with Gasteiger partial charge in [0.1, 0.15) is 0 Å². The van der Waals surface area contributed by atoms with Crippen molar-refractivity contribution in [2.45, 2.75) is 12.8 Å². The van der Waals surface area contributed by atoms with Gasteiger partial charge < -0.3 is 10.2 Å². The van der Waals surface area contributed by atoms with E-state index in [0.29, 0.717) is 11.2 Å². The lowest BCUT2D eigenvalue weighted by Crippen LogP contribution is -2.01. The number of carbonyl (C=O) groups is 1. The summed E-state index contributed by atoms with van der Waals surface area (Å²) in [6.45, 7) is 2.14. The minimum atomic E-state index is -1.10. The van der Waals surface area contributed by atoms with Crippen molar-refractivity contribution < 1.29 is 15.0 Å². The molecule has 0 saturated carbocycles. The first-order valence-electron chi connectivity index (χ1n) is 8.50. The molecule has 0 aliphatic carbocycles. The van der Waals surface area contributed by atoms with Crippen LogP contribution in [0.15, 0.2) is 67.0 Å². The highest BCUT2D eigenvalue weighted by Crippen LogP contribution is 2.33. The third kappa shape index (κ3) is 3.01. The number of aromatic nitrogens is 3. The van der Waals surface area contributed by atoms with Gasteiger partial charge in [-0.3, -0.25) is 0 Å². The van der Waals surface area contributed by atoms with Crippen LogP contribution in [0, 0.1) is 0 Å². The number of hydrogen-bond acceptors (Lipinski definition) is 4. The monoisotopic (exact) mass is 359 g/mol. The van der Waals surface area contributed by atoms with Crippen molar-refractivity contribution >= 4 is 11.6 Å². The predicted octanol–water partition coefficient (Wildman–Crippen LogP) is 3.95. The molecule has 6 nitrogen and oxygen atoms in total. The van der Waals surface area contributed by atoms with Gasteiger partial charge in [-0.2, -0.15) is 0 Å². The number of fused-ring (bicyclic) bond motifs is 1. The second-order valence-electron chi connectivity index (χ2n) is 6.37. The first-order chi connectivity index (χ1) is 13.0. The van der Waals surface area contributed by atoms with E-state index in [2.05, 4.69) is 29.1 Å². The Kier molecular flexibility index (Phi) is 4.08. The van der Waals surface area contributed by atoms with Gasteiger partial charge in [-0.15, -0.1) is 5.10 Å². The van der Waals surface area contributed by atoms with Crippen LogP contribution in [0.2, 0.25) is 0 Å². The highest BCUT2D eigenvalue weighted by Gasteiger charge is 2.17. The zero-order valence-electron chi connectivity index (χ0n) is 14.6. The lowest BCUT2D eigenvalue weighted by molar-refractivity contribution is 0.0695. The average molecular weight is 359 g/mol. The van der Waals surface area contributed by atoms with Crippen molar-refractivity contribution in [2.75, 3.05) is 0 Å². The van der Waals surface area contributed by atoms with Gasteiger partial charge in [0.25, 0.3) is 0 Å². The Bertz CT molecular complexity index is 1120. The van der Waals surface area contributed by atoms with Crippen molar-refractivity contribution in [1.29, 1.82) is 0 Å². The highest BCUT2D eigenvalue weighted by molar-refractivity contribution is 5.88. The predicted molar refractivity (Wildman–Crippen MR) is 101 cm³/mol. The van der Waals surface area contributed by atoms with E-state index >= 15 is 0 Å². The molecule has 6 heteroatoms. The van der Waals surface area contributed by atoms with E-state index in [1.165, 1.54) is 22.5 Å². The molecule has 1 atom stereocenters. The van der Waals surface area contributed by atoms with Crippen molar-refractivity contribution in [1.82, 2.24) is 14.6 Å². The summed E-state index contributed by atoms with van der Waals surface area (Å²) in [4.78, 5) is 15.2. The molecule has 27 heavy (non-hydrogen) atoms. The number of carboxylic acid groups (broad SMARTS) is 1. The molecule has 0 bridgehead atoms. The van der Waals surface area contributed by atoms with Crippen LogP contribution in [0.25, 0.3) is 16.8 Å². The molecule has 1 unspecified atom stereocenters. The van der Waals surface area contributed by atoms with Gasteiger partial charge in [0.05, 0.1) is 11.1 Å². The molecule has 0 fully saturated rings. The van der Waals surface area contributed by atoms with Gasteiger partial charge in [0.15, 0.2) is 5.65 Å². The molecule has 0 aliphatic heterocycles. The van der Waals surface area contributed by atoms with Gasteiger partial charge in [-0.05, 0) is 16.7 Å². The SMILES string of the molecule is CC(c1ccccc1)c1ccc(-c2c(O)nn3cc(C(=O)O)cnc23)cc1. The summed E-state index contributed by atoms with van der Waals surface area (Å²) >= 11 is 0. The zero-order valence-corrected chi connectivity index (χ0v) is 14.6. The smallest absolute Gasteiger partial charge is 0.338 e. The maximum Gasteiger partial charge on any atom is 0.338 e. The first kappa shape index (κ1) is 16.8. The normalized spacial score (nSPS) is 12.2. The fourth-order valence-corrected chi connectivity index (χ4v) is 3.16. The molecule has 2 heterocycles. The molecule has 2 aromatic carbocycles. The number of aromatic carboxylic acids is 1. The second-order valence-corrected chi connectivity index (χ2v) is 6.37. The Morgan fingerprint density at radius 1 is 1.04 bits per heavy atom. The Morgan fingerprint density at radius 2 is 1.70 bits per heavy atom. The van der Waals surface area contributed by atoms with E-state index in [1.807, 2.05) is 42.5 Å². The largest absolute Gasteiger partial charge is 0.492 e. The zero-order chi connectivity index (χ0) is 19.0. The van der Waals surface area contributed by atoms with Crippen molar-refractivity contribution in [3.8, 4) is 17.0 Å². The van der Waals surface area contributed by atoms with Crippen LogP contribution in [0.5, 0.6) is 5.88 Å². The Balaban J connectivity index is 1.72. The molecule has 0 spiro atoms. The van der Waals surface area contributed by atoms with E-state index in [9.17, 15) is 9.90 Å². The van der Waals surface area contributed by atoms with E-state index in [0.717, 1.165) is 11.1 Å². The topological polar surface area (TPSA) is 87.7 Å². The molecule has 2 aromatic heterocycles. The van der Waals surface area contributed by atoms with E-state index in [1.54, 1.807) is 0 Å². The fraction of sp³-hybridized carbons (Fsp3) is 0.0952. The molecule has 0 aliphatic rings. The summed E-state index contributed by atoms with van der Waals surface area (Å²) in [5, 5.41) is 23.3. The molecule has 0 amide bonds. The number of rotatable bonds is 4. The van der Waals surface area contributed by atoms with Crippen molar-refractivity contribution in [2.24, 2.45) is 0 Å². The van der Waals surface area contributed by atoms with Crippen LogP contribution < -0.4 is 0 Å². The first-order valence-corrected chi connectivity index (χ1v) is 8.50. The average Bonchev–Trinajstić information content (AvgIpc) is 3.03. The maximum atomic E-state index is 11.1. The summed E-state index contributed by atoms with van der Waals surface area (Å²) in [5.41, 5.74) is 4.03. The molecule has 4 rings (SSSR count). The molecular weight excluding hydrogens is 342 g/mol. The van der Waals surface area contributed by atoms with Crippen LogP contribution >= 0.6 is 0 Å². The lowest BCUT2D eigenvalue weighted by atomic mass is 9.92. The number of hydrogen-bond donors (Lipinski definition) is 2. The summed E-state index contributed by atoms with van der Waals surface area (Å²) in [5.74, 6) is -1.04. The fourth-order valence-electron chi connectivity index (χ4n) is 3.16. The third-order valence-electron chi connectivity index (χ3n) is 4.70. The summed E-state index contributed by atoms with van der Waals surface area (Å²) in [7, 11) is 0. The summed E-state index contributed by atoms with van der Waals surface area (Å²) < 4.78 is 1.29. The minimum Gasteiger partial charge on any atom is -0.492 e. The highest BCUT2D eigenvalue weighted by atomic mass is 16.4. The number of carboxylic acids is 1. The standard InChI is InChI=1S/C21H17N3O3/c1-13(14-5-3-2-4-6-14)15-7-9-16(10-8-15)18-19-22-11-17(21(26)27)12-24(19)23-20(18)25/h2-13H,1H3,(H,23,25)(H,26,27). The lowest BCUT2D eigenvalue weighted by Gasteiger charge is -2.13. The van der Waals surface area contributed by atoms with Crippen molar-refractivity contribution in [3.63, 3.8) is 0 Å². The summed E-state index contributed by atoms with van der Waals surface area (Å²) in [6, 6.07) is 18.1. The van der Waals surface area contributed by atoms with Crippen LogP contribution in [-0.2, 0) is 0 Å². The van der Waals surface area contributed by atoms with E-state index < -0.39 is 5.97 Å². The third-order valence-corrected chi connectivity index (χ3v) is 4.70. The Hall–Kier alpha value is -3.67. The molecule has 0 saturated heterocycles. The minimum absolute atomic E-state index is 0.00332. The van der Waals surface area contributed by atoms with Gasteiger partial charge in [0, 0.05) is 18.3 Å². The van der Waals surface area contributed by atoms with Gasteiger partial charge >= 0.3 is 5.97 Å². The molecule has 0 radical (unpaired) electrons. The molecular formula is C21H17N3O3. The van der Waals surface area contributed by atoms with E-state index in [-0.39, 0.29) is 17.4 Å². The second kappa shape index (κ2) is 6.57. The van der Waals surface area contributed by atoms with Crippen LogP contribution in [-0.4, -0.2) is 30.8 Å². The molecule has 2 N–H and O–H groups in total. The number of nitrogens with zero attached hydrogens (tertiary/aromatic N) is 3. The van der Waals surface area contributed by atoms with Crippen LogP contribution in [0.3, 0.4) is 0 Å². The van der Waals surface area contributed by atoms with Gasteiger partial charge in [0.2, 0.25) is 5.88 Å².